The van der Waals surface area contributed by atoms with Gasteiger partial charge in [-0.05, 0) is 51.5 Å². The summed E-state index contributed by atoms with van der Waals surface area (Å²) in [5.41, 5.74) is -0.556. The van der Waals surface area contributed by atoms with Crippen LogP contribution in [0.5, 0.6) is 5.75 Å². The van der Waals surface area contributed by atoms with Crippen molar-refractivity contribution in [3.8, 4) is 5.75 Å². The summed E-state index contributed by atoms with van der Waals surface area (Å²) < 4.78 is 31.1. The van der Waals surface area contributed by atoms with E-state index in [0.717, 1.165) is 10.8 Å². The molecule has 7 heteroatoms. The molecule has 28 heavy (non-hydrogen) atoms. The SMILES string of the molecule is CC(=O)C1C(=O)Oc2ccc3ccccc3c2C1P(=O)(OC(C)C)OC(C)C. The zero-order chi connectivity index (χ0) is 20.6. The topological polar surface area (TPSA) is 78.9 Å². The molecule has 0 amide bonds. The molecule has 0 aliphatic carbocycles. The monoisotopic (exact) mass is 404 g/mol. The Bertz CT molecular complexity index is 951. The lowest BCUT2D eigenvalue weighted by atomic mass is 9.89. The highest BCUT2D eigenvalue weighted by atomic mass is 31.2. The van der Waals surface area contributed by atoms with Gasteiger partial charge in [-0.25, -0.2) is 0 Å². The molecule has 1 heterocycles. The second-order valence-electron chi connectivity index (χ2n) is 7.50. The van der Waals surface area contributed by atoms with Gasteiger partial charge in [0.1, 0.15) is 23.1 Å². The second-order valence-corrected chi connectivity index (χ2v) is 9.56. The number of carbonyl (C=O) groups is 2. The number of ketones is 1. The Morgan fingerprint density at radius 1 is 1.04 bits per heavy atom. The molecular formula is C21H25O6P. The first-order valence-corrected chi connectivity index (χ1v) is 11.0. The van der Waals surface area contributed by atoms with Gasteiger partial charge in [0.15, 0.2) is 0 Å². The largest absolute Gasteiger partial charge is 0.426 e. The number of benzene rings is 2. The van der Waals surface area contributed by atoms with Gasteiger partial charge >= 0.3 is 13.6 Å². The van der Waals surface area contributed by atoms with E-state index in [4.69, 9.17) is 13.8 Å². The van der Waals surface area contributed by atoms with E-state index in [1.165, 1.54) is 6.92 Å². The number of carbonyl (C=O) groups excluding carboxylic acids is 2. The van der Waals surface area contributed by atoms with Crippen molar-refractivity contribution in [2.45, 2.75) is 52.5 Å². The Kier molecular flexibility index (Phi) is 5.76. The smallest absolute Gasteiger partial charge is 0.340 e. The quantitative estimate of drug-likeness (QED) is 0.290. The number of ether oxygens (including phenoxy) is 1. The van der Waals surface area contributed by atoms with Gasteiger partial charge in [0.25, 0.3) is 0 Å². The maximum Gasteiger partial charge on any atom is 0.340 e. The standard InChI is InChI=1S/C21H25O6P/c1-12(2)26-28(24,27-13(3)4)20-18(14(5)22)21(23)25-17-11-10-15-8-6-7-9-16(15)19(17)20/h6-13,18,20H,1-5H3. The van der Waals surface area contributed by atoms with E-state index < -0.39 is 43.1 Å². The first-order chi connectivity index (χ1) is 13.1. The Labute approximate surface area is 164 Å². The van der Waals surface area contributed by atoms with E-state index in [2.05, 4.69) is 0 Å². The van der Waals surface area contributed by atoms with Crippen LogP contribution < -0.4 is 4.74 Å². The van der Waals surface area contributed by atoms with Gasteiger partial charge in [0, 0.05) is 5.56 Å². The number of hydrogen-bond acceptors (Lipinski definition) is 6. The molecule has 150 valence electrons. The fourth-order valence-corrected chi connectivity index (χ4v) is 6.38. The Morgan fingerprint density at radius 3 is 2.21 bits per heavy atom. The number of hydrogen-bond donors (Lipinski definition) is 0. The van der Waals surface area contributed by atoms with Crippen molar-refractivity contribution in [1.82, 2.24) is 0 Å². The molecule has 0 radical (unpaired) electrons. The number of rotatable bonds is 6. The lowest BCUT2D eigenvalue weighted by molar-refractivity contribution is -0.145. The molecular weight excluding hydrogens is 379 g/mol. The molecule has 6 nitrogen and oxygen atoms in total. The fraction of sp³-hybridized carbons (Fsp3) is 0.429. The zero-order valence-corrected chi connectivity index (χ0v) is 17.6. The van der Waals surface area contributed by atoms with E-state index >= 15 is 0 Å². The molecule has 2 aromatic carbocycles. The van der Waals surface area contributed by atoms with E-state index in [9.17, 15) is 14.2 Å². The van der Waals surface area contributed by atoms with Crippen LogP contribution in [0.25, 0.3) is 10.8 Å². The minimum Gasteiger partial charge on any atom is -0.426 e. The van der Waals surface area contributed by atoms with Crippen LogP contribution in [0.1, 0.15) is 45.8 Å². The Morgan fingerprint density at radius 2 is 1.64 bits per heavy atom. The minimum atomic E-state index is -3.91. The van der Waals surface area contributed by atoms with Gasteiger partial charge in [-0.3, -0.25) is 14.2 Å². The molecule has 0 aromatic heterocycles. The number of Topliss-reactive ketones (excluding diaryl/α,β-unsaturated/α-hetero) is 1. The van der Waals surface area contributed by atoms with E-state index in [1.54, 1.807) is 33.8 Å². The van der Waals surface area contributed by atoms with Crippen LogP contribution in [0.3, 0.4) is 0 Å². The third kappa shape index (κ3) is 3.77. The summed E-state index contributed by atoms with van der Waals surface area (Å²) in [5, 5.41) is 1.64. The second kappa shape index (κ2) is 7.78. The van der Waals surface area contributed by atoms with Gasteiger partial charge in [-0.2, -0.15) is 0 Å². The van der Waals surface area contributed by atoms with Crippen LogP contribution in [-0.2, 0) is 23.2 Å². The van der Waals surface area contributed by atoms with Crippen molar-refractivity contribution >= 4 is 30.1 Å². The Hall–Kier alpha value is -2.01. The summed E-state index contributed by atoms with van der Waals surface area (Å²) in [7, 11) is -3.91. The van der Waals surface area contributed by atoms with Gasteiger partial charge in [0.05, 0.1) is 12.2 Å². The highest BCUT2D eigenvalue weighted by molar-refractivity contribution is 7.54. The molecule has 2 aromatic rings. The number of fused-ring (bicyclic) bond motifs is 3. The van der Waals surface area contributed by atoms with E-state index in [-0.39, 0.29) is 5.75 Å². The number of esters is 1. The predicted molar refractivity (Wildman–Crippen MR) is 107 cm³/mol. The molecule has 0 saturated carbocycles. The highest BCUT2D eigenvalue weighted by Crippen LogP contribution is 2.68. The van der Waals surface area contributed by atoms with Crippen molar-refractivity contribution in [1.29, 1.82) is 0 Å². The van der Waals surface area contributed by atoms with Crippen molar-refractivity contribution in [2.75, 3.05) is 0 Å². The highest BCUT2D eigenvalue weighted by Gasteiger charge is 2.53. The molecule has 0 spiro atoms. The third-order valence-corrected chi connectivity index (χ3v) is 7.17. The molecule has 2 atom stereocenters. The first-order valence-electron chi connectivity index (χ1n) is 9.34. The van der Waals surface area contributed by atoms with E-state index in [1.807, 2.05) is 30.3 Å². The Balaban J connectivity index is 2.34. The van der Waals surface area contributed by atoms with Crippen LogP contribution in [0, 0.1) is 5.92 Å². The van der Waals surface area contributed by atoms with Crippen molar-refractivity contribution in [3.05, 3.63) is 42.0 Å². The van der Waals surface area contributed by atoms with Gasteiger partial charge in [-0.1, -0.05) is 30.3 Å². The maximum absolute atomic E-state index is 14.1. The molecule has 0 N–H and O–H groups in total. The summed E-state index contributed by atoms with van der Waals surface area (Å²) in [5.74, 6) is -2.15. The predicted octanol–water partition coefficient (Wildman–Crippen LogP) is 5.05. The van der Waals surface area contributed by atoms with Gasteiger partial charge in [-0.15, -0.1) is 0 Å². The van der Waals surface area contributed by atoms with Crippen LogP contribution in [0.2, 0.25) is 0 Å². The lowest BCUT2D eigenvalue weighted by Crippen LogP contribution is -2.37. The van der Waals surface area contributed by atoms with Gasteiger partial charge in [0.2, 0.25) is 0 Å². The molecule has 0 bridgehead atoms. The van der Waals surface area contributed by atoms with E-state index in [0.29, 0.717) is 5.56 Å². The normalized spacial score (nSPS) is 19.8. The van der Waals surface area contributed by atoms with Gasteiger partial charge < -0.3 is 13.8 Å². The molecule has 0 fully saturated rings. The molecule has 3 rings (SSSR count). The summed E-state index contributed by atoms with van der Waals surface area (Å²) in [6.07, 6.45) is -0.845. The fourth-order valence-electron chi connectivity index (χ4n) is 3.61. The minimum absolute atomic E-state index is 0.283. The summed E-state index contributed by atoms with van der Waals surface area (Å²) >= 11 is 0. The molecule has 1 aliphatic heterocycles. The average molecular weight is 404 g/mol. The van der Waals surface area contributed by atoms with Crippen LogP contribution in [-0.4, -0.2) is 24.0 Å². The molecule has 0 saturated heterocycles. The summed E-state index contributed by atoms with van der Waals surface area (Å²) in [6.45, 7) is 8.26. The summed E-state index contributed by atoms with van der Waals surface area (Å²) in [6, 6.07) is 11.0. The zero-order valence-electron chi connectivity index (χ0n) is 16.7. The van der Waals surface area contributed by atoms with Crippen molar-refractivity contribution in [3.63, 3.8) is 0 Å². The summed E-state index contributed by atoms with van der Waals surface area (Å²) in [4.78, 5) is 25.1. The third-order valence-electron chi connectivity index (χ3n) is 4.50. The molecule has 1 aliphatic rings. The average Bonchev–Trinajstić information content (AvgIpc) is 2.58. The van der Waals surface area contributed by atoms with Crippen LogP contribution in [0.15, 0.2) is 36.4 Å². The maximum atomic E-state index is 14.1. The van der Waals surface area contributed by atoms with Crippen LogP contribution >= 0.6 is 7.60 Å². The first kappa shape index (κ1) is 20.7. The lowest BCUT2D eigenvalue weighted by Gasteiger charge is -2.37. The van der Waals surface area contributed by atoms with Crippen molar-refractivity contribution in [2.24, 2.45) is 5.92 Å². The van der Waals surface area contributed by atoms with Crippen molar-refractivity contribution < 1.29 is 27.9 Å². The van der Waals surface area contributed by atoms with Crippen LogP contribution in [0.4, 0.5) is 0 Å². The molecule has 2 unspecified atom stereocenters.